The van der Waals surface area contributed by atoms with Gasteiger partial charge in [0.05, 0.1) is 11.4 Å². The lowest BCUT2D eigenvalue weighted by molar-refractivity contribution is -0.122. The summed E-state index contributed by atoms with van der Waals surface area (Å²) in [5.41, 5.74) is 0.354. The molecule has 3 rings (SSSR count). The van der Waals surface area contributed by atoms with Gasteiger partial charge >= 0.3 is 0 Å². The molecule has 1 aromatic carbocycles. The van der Waals surface area contributed by atoms with E-state index in [1.165, 1.54) is 6.07 Å². The van der Waals surface area contributed by atoms with E-state index < -0.39 is 10.0 Å². The smallest absolute Gasteiger partial charge is 0.251 e. The lowest BCUT2D eigenvalue weighted by atomic mass is 9.94. The van der Waals surface area contributed by atoms with Crippen LogP contribution in [0.3, 0.4) is 0 Å². The van der Waals surface area contributed by atoms with Crippen LogP contribution in [0.1, 0.15) is 43.5 Å². The maximum Gasteiger partial charge on any atom is 0.251 e. The summed E-state index contributed by atoms with van der Waals surface area (Å²) in [7, 11) is -2.01. The maximum atomic E-state index is 13.1. The first kappa shape index (κ1) is 23.7. The molecule has 2 heterocycles. The molecule has 0 bridgehead atoms. The van der Waals surface area contributed by atoms with Gasteiger partial charge in [-0.3, -0.25) is 14.5 Å². The summed E-state index contributed by atoms with van der Waals surface area (Å²) >= 11 is 0. The van der Waals surface area contributed by atoms with Crippen molar-refractivity contribution in [1.82, 2.24) is 19.8 Å². The van der Waals surface area contributed by atoms with Crippen molar-refractivity contribution < 1.29 is 18.0 Å². The van der Waals surface area contributed by atoms with E-state index in [0.29, 0.717) is 37.0 Å². The highest BCUT2D eigenvalue weighted by Crippen LogP contribution is 2.27. The molecule has 0 radical (unpaired) electrons. The predicted molar refractivity (Wildman–Crippen MR) is 119 cm³/mol. The van der Waals surface area contributed by atoms with Gasteiger partial charge in [0, 0.05) is 44.8 Å². The van der Waals surface area contributed by atoms with Crippen LogP contribution < -0.4 is 10.6 Å². The summed E-state index contributed by atoms with van der Waals surface area (Å²) in [4.78, 5) is 26.5. The molecule has 0 saturated carbocycles. The Hall–Kier alpha value is -1.97. The highest BCUT2D eigenvalue weighted by atomic mass is 32.2. The molecule has 8 nitrogen and oxygen atoms in total. The zero-order valence-corrected chi connectivity index (χ0v) is 19.5. The highest BCUT2D eigenvalue weighted by Gasteiger charge is 2.32. The number of hydrogen-bond donors (Lipinski definition) is 2. The lowest BCUT2D eigenvalue weighted by Gasteiger charge is -2.34. The van der Waals surface area contributed by atoms with Gasteiger partial charge in [-0.15, -0.1) is 0 Å². The van der Waals surface area contributed by atoms with Gasteiger partial charge in [-0.25, -0.2) is 8.42 Å². The van der Waals surface area contributed by atoms with Crippen LogP contribution >= 0.6 is 0 Å². The van der Waals surface area contributed by atoms with E-state index in [2.05, 4.69) is 29.4 Å². The maximum absolute atomic E-state index is 13.1. The first-order valence-electron chi connectivity index (χ1n) is 11.0. The van der Waals surface area contributed by atoms with Crippen LogP contribution in [0.5, 0.6) is 0 Å². The van der Waals surface area contributed by atoms with Gasteiger partial charge in [0.15, 0.2) is 0 Å². The monoisotopic (exact) mass is 450 g/mol. The normalized spacial score (nSPS) is 24.0. The summed E-state index contributed by atoms with van der Waals surface area (Å²) in [6, 6.07) is 6.33. The zero-order valence-electron chi connectivity index (χ0n) is 18.6. The second-order valence-electron chi connectivity index (χ2n) is 8.99. The summed E-state index contributed by atoms with van der Waals surface area (Å²) in [6.45, 7) is 7.00. The molecule has 0 aliphatic carbocycles. The quantitative estimate of drug-likeness (QED) is 0.681. The van der Waals surface area contributed by atoms with Crippen molar-refractivity contribution in [1.29, 1.82) is 0 Å². The molecule has 172 valence electrons. The Bertz CT molecular complexity index is 887. The van der Waals surface area contributed by atoms with Gasteiger partial charge in [-0.1, -0.05) is 19.9 Å². The van der Waals surface area contributed by atoms with E-state index in [-0.39, 0.29) is 22.8 Å². The topological polar surface area (TPSA) is 98.8 Å². The number of likely N-dealkylation sites (tertiary alicyclic amines) is 1. The first-order valence-corrected chi connectivity index (χ1v) is 12.5. The van der Waals surface area contributed by atoms with E-state index in [4.69, 9.17) is 0 Å². The fraction of sp³-hybridized carbons (Fsp3) is 0.636. The lowest BCUT2D eigenvalue weighted by Crippen LogP contribution is -2.47. The second-order valence-corrected chi connectivity index (χ2v) is 10.9. The Labute approximate surface area is 185 Å². The van der Waals surface area contributed by atoms with Gasteiger partial charge in [0.25, 0.3) is 5.91 Å². The third kappa shape index (κ3) is 6.05. The minimum atomic E-state index is -3.63. The largest absolute Gasteiger partial charge is 0.358 e. The first-order chi connectivity index (χ1) is 14.7. The molecule has 2 atom stereocenters. The van der Waals surface area contributed by atoms with Gasteiger partial charge in [0.2, 0.25) is 15.9 Å². The van der Waals surface area contributed by atoms with Crippen molar-refractivity contribution in [2.24, 2.45) is 11.8 Å². The fourth-order valence-electron chi connectivity index (χ4n) is 4.54. The van der Waals surface area contributed by atoms with Crippen molar-refractivity contribution in [2.45, 2.75) is 44.0 Å². The number of nitrogens with zero attached hydrogens (tertiary/aromatic N) is 2. The molecule has 0 spiro atoms. The van der Waals surface area contributed by atoms with Gasteiger partial charge < -0.3 is 10.6 Å². The molecule has 2 N–H and O–H groups in total. The summed E-state index contributed by atoms with van der Waals surface area (Å²) < 4.78 is 27.8. The van der Waals surface area contributed by atoms with E-state index >= 15 is 0 Å². The molecule has 2 aliphatic heterocycles. The van der Waals surface area contributed by atoms with Gasteiger partial charge in [-0.2, -0.15) is 4.31 Å². The number of hydrogen-bond acceptors (Lipinski definition) is 5. The molecule has 2 fully saturated rings. The molecule has 0 aromatic heterocycles. The van der Waals surface area contributed by atoms with E-state index in [0.717, 1.165) is 32.4 Å². The minimum absolute atomic E-state index is 0.0116. The van der Waals surface area contributed by atoms with Gasteiger partial charge in [0.1, 0.15) is 0 Å². The van der Waals surface area contributed by atoms with Crippen molar-refractivity contribution >= 4 is 21.8 Å². The van der Waals surface area contributed by atoms with Crippen LogP contribution in [-0.2, 0) is 14.8 Å². The van der Waals surface area contributed by atoms with Crippen molar-refractivity contribution in [3.05, 3.63) is 29.8 Å². The van der Waals surface area contributed by atoms with E-state index in [1.54, 1.807) is 29.6 Å². The van der Waals surface area contributed by atoms with Crippen LogP contribution in [0, 0.1) is 11.8 Å². The number of carbonyl (C=O) groups is 2. The number of piperidine rings is 2. The molecule has 2 amide bonds. The highest BCUT2D eigenvalue weighted by molar-refractivity contribution is 7.89. The molecule has 2 aliphatic rings. The van der Waals surface area contributed by atoms with E-state index in [1.807, 2.05) is 0 Å². The zero-order chi connectivity index (χ0) is 22.6. The van der Waals surface area contributed by atoms with Crippen molar-refractivity contribution in [3.8, 4) is 0 Å². The van der Waals surface area contributed by atoms with E-state index in [9.17, 15) is 18.0 Å². The van der Waals surface area contributed by atoms with Crippen molar-refractivity contribution in [3.63, 3.8) is 0 Å². The molecular formula is C22H34N4O4S. The SMILES string of the molecule is CNC(=O)CN1CCC(NC(=O)c2cccc(S(=O)(=O)N3CC(C)CC(C)C3)c2)CC1. The minimum Gasteiger partial charge on any atom is -0.358 e. The molecular weight excluding hydrogens is 416 g/mol. The average Bonchev–Trinajstić information content (AvgIpc) is 2.74. The number of nitrogens with one attached hydrogen (secondary N) is 2. The predicted octanol–water partition coefficient (Wildman–Crippen LogP) is 1.29. The molecule has 1 aromatic rings. The molecule has 31 heavy (non-hydrogen) atoms. The standard InChI is InChI=1S/C22H34N4O4S/c1-16-11-17(2)14-26(13-16)31(29,30)20-6-4-5-18(12-20)22(28)24-19-7-9-25(10-8-19)15-21(27)23-3/h4-6,12,16-17,19H,7-11,13-15H2,1-3H3,(H,23,27)(H,24,28). The average molecular weight is 451 g/mol. The Morgan fingerprint density at radius 2 is 1.74 bits per heavy atom. The Kier molecular flexibility index (Phi) is 7.72. The molecule has 2 saturated heterocycles. The van der Waals surface area contributed by atoms with Crippen LogP contribution in [0.2, 0.25) is 0 Å². The number of rotatable bonds is 6. The van der Waals surface area contributed by atoms with Gasteiger partial charge in [-0.05, 0) is 49.3 Å². The van der Waals surface area contributed by atoms with Crippen LogP contribution in [0.25, 0.3) is 0 Å². The molecule has 9 heteroatoms. The number of sulfonamides is 1. The van der Waals surface area contributed by atoms with Crippen LogP contribution in [-0.4, -0.2) is 75.3 Å². The second kappa shape index (κ2) is 10.1. The number of benzene rings is 1. The number of amides is 2. The Morgan fingerprint density at radius 1 is 1.10 bits per heavy atom. The number of carbonyl (C=O) groups excluding carboxylic acids is 2. The summed E-state index contributed by atoms with van der Waals surface area (Å²) in [6.07, 6.45) is 2.53. The third-order valence-electron chi connectivity index (χ3n) is 6.14. The summed E-state index contributed by atoms with van der Waals surface area (Å²) in [5.74, 6) is 0.360. The van der Waals surface area contributed by atoms with Crippen LogP contribution in [0.4, 0.5) is 0 Å². The third-order valence-corrected chi connectivity index (χ3v) is 7.97. The Morgan fingerprint density at radius 3 is 2.35 bits per heavy atom. The Balaban J connectivity index is 1.62. The van der Waals surface area contributed by atoms with Crippen molar-refractivity contribution in [2.75, 3.05) is 39.8 Å². The fourth-order valence-corrected chi connectivity index (χ4v) is 6.26. The van der Waals surface area contributed by atoms with Crippen LogP contribution in [0.15, 0.2) is 29.2 Å². The summed E-state index contributed by atoms with van der Waals surface area (Å²) in [5, 5.41) is 5.64. The molecule has 2 unspecified atom stereocenters. The number of likely N-dealkylation sites (N-methyl/N-ethyl adjacent to an activating group) is 1.